The lowest BCUT2D eigenvalue weighted by molar-refractivity contribution is -0.137. The maximum Gasteiger partial charge on any atom is 0.416 e. The number of halogens is 4. The summed E-state index contributed by atoms with van der Waals surface area (Å²) in [5, 5.41) is 2.97. The first-order chi connectivity index (χ1) is 7.93. The minimum Gasteiger partial charge on any atom is -0.372 e. The Kier molecular flexibility index (Phi) is 4.64. The number of hydrogen-bond acceptors (Lipinski definition) is 2. The summed E-state index contributed by atoms with van der Waals surface area (Å²) in [6.45, 7) is 2.24. The lowest BCUT2D eigenvalue weighted by Gasteiger charge is -2.30. The first-order valence-corrected chi connectivity index (χ1v) is 5.43. The zero-order valence-corrected chi connectivity index (χ0v) is 10.9. The van der Waals surface area contributed by atoms with Gasteiger partial charge in [-0.25, -0.2) is 0 Å². The van der Waals surface area contributed by atoms with Crippen LogP contribution in [0.5, 0.6) is 0 Å². The summed E-state index contributed by atoms with van der Waals surface area (Å²) >= 11 is 0. The molecule has 0 aliphatic carbocycles. The van der Waals surface area contributed by atoms with Gasteiger partial charge in [0.05, 0.1) is 24.3 Å². The van der Waals surface area contributed by atoms with Crippen LogP contribution < -0.4 is 5.32 Å². The van der Waals surface area contributed by atoms with Crippen molar-refractivity contribution in [2.75, 3.05) is 13.7 Å². The molecule has 1 aromatic rings. The van der Waals surface area contributed by atoms with E-state index < -0.39 is 11.7 Å². The summed E-state index contributed by atoms with van der Waals surface area (Å²) < 4.78 is 43.4. The number of nitrogens with one attached hydrogen (secondary N) is 1. The van der Waals surface area contributed by atoms with Crippen molar-refractivity contribution in [1.82, 2.24) is 5.32 Å². The summed E-state index contributed by atoms with van der Waals surface area (Å²) in [5.74, 6) is 0. The van der Waals surface area contributed by atoms with Gasteiger partial charge in [0, 0.05) is 0 Å². The fraction of sp³-hybridized carbons (Fsp3) is 0.500. The molecule has 0 radical (unpaired) electrons. The van der Waals surface area contributed by atoms with Gasteiger partial charge in [0.2, 0.25) is 0 Å². The van der Waals surface area contributed by atoms with Crippen molar-refractivity contribution in [3.63, 3.8) is 0 Å². The van der Waals surface area contributed by atoms with Crippen LogP contribution >= 0.6 is 12.4 Å². The molecule has 0 bridgehead atoms. The number of alkyl halides is 3. The molecule has 18 heavy (non-hydrogen) atoms. The molecule has 6 heteroatoms. The molecule has 0 saturated heterocycles. The Morgan fingerprint density at radius 2 is 1.94 bits per heavy atom. The van der Waals surface area contributed by atoms with E-state index in [1.807, 2.05) is 6.92 Å². The third-order valence-electron chi connectivity index (χ3n) is 3.09. The van der Waals surface area contributed by atoms with Gasteiger partial charge in [-0.15, -0.1) is 12.4 Å². The van der Waals surface area contributed by atoms with E-state index in [1.165, 1.54) is 12.1 Å². The van der Waals surface area contributed by atoms with Crippen molar-refractivity contribution in [3.8, 4) is 0 Å². The van der Waals surface area contributed by atoms with E-state index in [4.69, 9.17) is 4.74 Å². The second-order valence-electron chi connectivity index (χ2n) is 4.16. The lowest BCUT2D eigenvalue weighted by Crippen LogP contribution is -2.29. The van der Waals surface area contributed by atoms with E-state index in [1.54, 1.807) is 7.05 Å². The molecule has 1 N–H and O–H groups in total. The Morgan fingerprint density at radius 1 is 1.28 bits per heavy atom. The molecule has 1 aliphatic heterocycles. The van der Waals surface area contributed by atoms with E-state index in [9.17, 15) is 13.2 Å². The Morgan fingerprint density at radius 3 is 2.50 bits per heavy atom. The summed E-state index contributed by atoms with van der Waals surface area (Å²) in [5.41, 5.74) is 0.898. The van der Waals surface area contributed by atoms with Crippen LogP contribution in [0.2, 0.25) is 0 Å². The maximum absolute atomic E-state index is 12.6. The Hall–Kier alpha value is -0.780. The van der Waals surface area contributed by atoms with Gasteiger partial charge in [0.1, 0.15) is 0 Å². The monoisotopic (exact) mass is 281 g/mol. The van der Waals surface area contributed by atoms with Gasteiger partial charge < -0.3 is 10.1 Å². The molecule has 0 fully saturated rings. The Bertz CT molecular complexity index is 422. The topological polar surface area (TPSA) is 21.3 Å². The molecule has 0 spiro atoms. The largest absolute Gasteiger partial charge is 0.416 e. The van der Waals surface area contributed by atoms with E-state index in [-0.39, 0.29) is 24.6 Å². The number of ether oxygens (including phenoxy) is 1. The van der Waals surface area contributed by atoms with Gasteiger partial charge in [-0.2, -0.15) is 13.2 Å². The average molecular weight is 282 g/mol. The maximum atomic E-state index is 12.6. The van der Waals surface area contributed by atoms with Gasteiger partial charge >= 0.3 is 6.18 Å². The molecule has 0 saturated carbocycles. The molecule has 0 amide bonds. The molecule has 1 heterocycles. The third-order valence-corrected chi connectivity index (χ3v) is 3.09. The van der Waals surface area contributed by atoms with Gasteiger partial charge in [-0.05, 0) is 37.2 Å². The molecular weight excluding hydrogens is 267 g/mol. The molecule has 2 rings (SSSR count). The van der Waals surface area contributed by atoms with Crippen molar-refractivity contribution in [2.24, 2.45) is 0 Å². The van der Waals surface area contributed by atoms with Crippen LogP contribution in [0.25, 0.3) is 0 Å². The second-order valence-corrected chi connectivity index (χ2v) is 4.16. The molecule has 0 aromatic heterocycles. The van der Waals surface area contributed by atoms with Crippen LogP contribution in [0.3, 0.4) is 0 Å². The van der Waals surface area contributed by atoms with Crippen LogP contribution in [0.4, 0.5) is 13.2 Å². The van der Waals surface area contributed by atoms with Crippen molar-refractivity contribution < 1.29 is 17.9 Å². The molecule has 1 aliphatic rings. The minimum absolute atomic E-state index is 0. The van der Waals surface area contributed by atoms with Gasteiger partial charge in [0.15, 0.2) is 0 Å². The number of likely N-dealkylation sites (N-methyl/N-ethyl adjacent to an activating group) is 1. The van der Waals surface area contributed by atoms with Gasteiger partial charge in [-0.1, -0.05) is 6.07 Å². The molecule has 2 nitrogen and oxygen atoms in total. The van der Waals surface area contributed by atoms with E-state index in [0.29, 0.717) is 12.2 Å². The smallest absolute Gasteiger partial charge is 0.372 e. The average Bonchev–Trinajstić information content (AvgIpc) is 2.28. The Labute approximate surface area is 110 Å². The highest BCUT2D eigenvalue weighted by Crippen LogP contribution is 2.37. The second kappa shape index (κ2) is 5.47. The summed E-state index contributed by atoms with van der Waals surface area (Å²) in [6, 6.07) is 3.65. The van der Waals surface area contributed by atoms with E-state index in [2.05, 4.69) is 5.32 Å². The van der Waals surface area contributed by atoms with Crippen LogP contribution in [0.1, 0.15) is 35.8 Å². The summed E-state index contributed by atoms with van der Waals surface area (Å²) in [6.07, 6.45) is -4.45. The summed E-state index contributed by atoms with van der Waals surface area (Å²) in [7, 11) is 1.72. The third kappa shape index (κ3) is 2.79. The van der Waals surface area contributed by atoms with Gasteiger partial charge in [-0.3, -0.25) is 0 Å². The quantitative estimate of drug-likeness (QED) is 0.851. The molecule has 1 aromatic carbocycles. The molecule has 1 unspecified atom stereocenters. The van der Waals surface area contributed by atoms with Crippen molar-refractivity contribution >= 4 is 12.4 Å². The molecule has 102 valence electrons. The van der Waals surface area contributed by atoms with Gasteiger partial charge in [0.25, 0.3) is 0 Å². The predicted octanol–water partition coefficient (Wildman–Crippen LogP) is 3.48. The minimum atomic E-state index is -4.30. The fourth-order valence-electron chi connectivity index (χ4n) is 2.08. The van der Waals surface area contributed by atoms with Crippen LogP contribution in [0, 0.1) is 0 Å². The lowest BCUT2D eigenvalue weighted by atomic mass is 9.93. The number of benzene rings is 1. The van der Waals surface area contributed by atoms with E-state index in [0.717, 1.165) is 11.6 Å². The number of rotatable bonds is 1. The predicted molar refractivity (Wildman–Crippen MR) is 64.9 cm³/mol. The highest BCUT2D eigenvalue weighted by atomic mass is 35.5. The van der Waals surface area contributed by atoms with Crippen molar-refractivity contribution in [3.05, 3.63) is 34.9 Å². The van der Waals surface area contributed by atoms with Crippen molar-refractivity contribution in [2.45, 2.75) is 25.2 Å². The summed E-state index contributed by atoms with van der Waals surface area (Å²) in [4.78, 5) is 0. The Balaban J connectivity index is 0.00000162. The first-order valence-electron chi connectivity index (χ1n) is 5.43. The molecule has 2 atom stereocenters. The zero-order valence-electron chi connectivity index (χ0n) is 10.0. The van der Waals surface area contributed by atoms with Crippen LogP contribution in [0.15, 0.2) is 18.2 Å². The van der Waals surface area contributed by atoms with Crippen LogP contribution in [-0.4, -0.2) is 13.7 Å². The van der Waals surface area contributed by atoms with E-state index >= 15 is 0 Å². The highest BCUT2D eigenvalue weighted by Gasteiger charge is 2.33. The SMILES string of the molecule is CN[C@@H]1COC(C)c2ccc(C(F)(F)F)cc21.Cl. The van der Waals surface area contributed by atoms with Crippen molar-refractivity contribution in [1.29, 1.82) is 0 Å². The number of fused-ring (bicyclic) bond motifs is 1. The zero-order chi connectivity index (χ0) is 12.6. The standard InChI is InChI=1S/C12H14F3NO.ClH/c1-7-9-4-3-8(12(13,14)15)5-10(9)11(16-2)6-17-7;/h3-5,7,11,16H,6H2,1-2H3;1H/t7?,11-;/m1./s1. The fourth-order valence-corrected chi connectivity index (χ4v) is 2.08. The number of hydrogen-bond donors (Lipinski definition) is 1. The normalized spacial score (nSPS) is 23.2. The van der Waals surface area contributed by atoms with Crippen LogP contribution in [-0.2, 0) is 10.9 Å². The first kappa shape index (κ1) is 15.3. The highest BCUT2D eigenvalue weighted by molar-refractivity contribution is 5.85. The molecular formula is C12H15ClF3NO.